The maximum absolute atomic E-state index is 12.7. The van der Waals surface area contributed by atoms with Gasteiger partial charge in [0.2, 0.25) is 0 Å². The molecule has 0 unspecified atom stereocenters. The SMILES string of the molecule is CC(F)(F)C(F)(F)OCc1ccc(Br)cc1. The molecule has 0 radical (unpaired) electrons. The number of hydrogen-bond donors (Lipinski definition) is 0. The average Bonchev–Trinajstić information content (AvgIpc) is 2.15. The number of rotatable bonds is 4. The molecule has 1 nitrogen and oxygen atoms in total. The van der Waals surface area contributed by atoms with Crippen molar-refractivity contribution in [3.63, 3.8) is 0 Å². The van der Waals surface area contributed by atoms with Crippen molar-refractivity contribution in [2.45, 2.75) is 25.6 Å². The highest BCUT2D eigenvalue weighted by Gasteiger charge is 2.53. The maximum atomic E-state index is 12.7. The van der Waals surface area contributed by atoms with Crippen molar-refractivity contribution in [2.24, 2.45) is 0 Å². The van der Waals surface area contributed by atoms with Gasteiger partial charge in [-0.05, 0) is 17.7 Å². The van der Waals surface area contributed by atoms with Crippen LogP contribution in [-0.4, -0.2) is 12.0 Å². The summed E-state index contributed by atoms with van der Waals surface area (Å²) < 4.78 is 54.9. The van der Waals surface area contributed by atoms with Crippen LogP contribution in [0.2, 0.25) is 0 Å². The summed E-state index contributed by atoms with van der Waals surface area (Å²) in [5, 5.41) is 0. The average molecular weight is 301 g/mol. The molecule has 1 aromatic carbocycles. The Morgan fingerprint density at radius 1 is 1.12 bits per heavy atom. The van der Waals surface area contributed by atoms with Gasteiger partial charge in [0.15, 0.2) is 0 Å². The first-order valence-electron chi connectivity index (χ1n) is 4.36. The lowest BCUT2D eigenvalue weighted by molar-refractivity contribution is -0.345. The molecule has 90 valence electrons. The summed E-state index contributed by atoms with van der Waals surface area (Å²) in [5.41, 5.74) is 0.395. The molecular weight excluding hydrogens is 292 g/mol. The van der Waals surface area contributed by atoms with E-state index in [-0.39, 0.29) is 6.92 Å². The predicted octanol–water partition coefficient (Wildman–Crippen LogP) is 4.21. The third-order valence-corrected chi connectivity index (χ3v) is 2.37. The molecule has 1 rings (SSSR count). The fourth-order valence-corrected chi connectivity index (χ4v) is 1.15. The van der Waals surface area contributed by atoms with Crippen molar-refractivity contribution in [3.8, 4) is 0 Å². The Bertz CT molecular complexity index is 345. The normalized spacial score (nSPS) is 12.9. The first-order chi connectivity index (χ1) is 7.22. The molecule has 0 aliphatic rings. The quantitative estimate of drug-likeness (QED) is 0.757. The maximum Gasteiger partial charge on any atom is 0.419 e. The molecule has 16 heavy (non-hydrogen) atoms. The third-order valence-electron chi connectivity index (χ3n) is 1.84. The second-order valence-electron chi connectivity index (χ2n) is 3.32. The van der Waals surface area contributed by atoms with Crippen LogP contribution < -0.4 is 0 Å². The summed E-state index contributed by atoms with van der Waals surface area (Å²) in [7, 11) is 0. The fraction of sp³-hybridized carbons (Fsp3) is 0.400. The Labute approximate surface area is 98.5 Å². The summed E-state index contributed by atoms with van der Waals surface area (Å²) in [5.74, 6) is -4.19. The van der Waals surface area contributed by atoms with E-state index in [9.17, 15) is 17.6 Å². The highest BCUT2D eigenvalue weighted by Crippen LogP contribution is 2.35. The standard InChI is InChI=1S/C10H9BrF4O/c1-9(12,13)10(14,15)16-6-7-2-4-8(11)5-3-7/h2-5H,6H2,1H3. The number of benzene rings is 1. The topological polar surface area (TPSA) is 9.23 Å². The Balaban J connectivity index is 2.61. The van der Waals surface area contributed by atoms with Gasteiger partial charge in [-0.15, -0.1) is 0 Å². The predicted molar refractivity (Wildman–Crippen MR) is 54.5 cm³/mol. The largest absolute Gasteiger partial charge is 0.419 e. The van der Waals surface area contributed by atoms with E-state index in [0.717, 1.165) is 4.47 Å². The van der Waals surface area contributed by atoms with E-state index in [4.69, 9.17) is 0 Å². The molecule has 0 bridgehead atoms. The monoisotopic (exact) mass is 300 g/mol. The fourth-order valence-electron chi connectivity index (χ4n) is 0.881. The van der Waals surface area contributed by atoms with E-state index in [2.05, 4.69) is 20.7 Å². The molecule has 0 atom stereocenters. The molecule has 6 heteroatoms. The summed E-state index contributed by atoms with van der Waals surface area (Å²) in [6.45, 7) is -0.446. The second-order valence-corrected chi connectivity index (χ2v) is 4.24. The molecule has 0 aliphatic carbocycles. The van der Waals surface area contributed by atoms with Crippen LogP contribution in [0.4, 0.5) is 17.6 Å². The lowest BCUT2D eigenvalue weighted by Gasteiger charge is -2.22. The molecule has 0 spiro atoms. The van der Waals surface area contributed by atoms with Crippen molar-refractivity contribution < 1.29 is 22.3 Å². The zero-order valence-electron chi connectivity index (χ0n) is 8.31. The highest BCUT2D eigenvalue weighted by molar-refractivity contribution is 9.10. The van der Waals surface area contributed by atoms with Gasteiger partial charge in [-0.1, -0.05) is 28.1 Å². The van der Waals surface area contributed by atoms with Crippen molar-refractivity contribution in [1.29, 1.82) is 0 Å². The second kappa shape index (κ2) is 4.71. The van der Waals surface area contributed by atoms with Gasteiger partial charge in [0.05, 0.1) is 6.61 Å². The molecular formula is C10H9BrF4O. The van der Waals surface area contributed by atoms with Crippen molar-refractivity contribution in [3.05, 3.63) is 34.3 Å². The van der Waals surface area contributed by atoms with Crippen LogP contribution in [-0.2, 0) is 11.3 Å². The van der Waals surface area contributed by atoms with E-state index < -0.39 is 18.6 Å². The first-order valence-corrected chi connectivity index (χ1v) is 5.16. The zero-order valence-corrected chi connectivity index (χ0v) is 9.90. The molecule has 0 heterocycles. The molecule has 0 saturated heterocycles. The summed E-state index contributed by atoms with van der Waals surface area (Å²) in [4.78, 5) is 0. The zero-order chi connectivity index (χ0) is 12.4. The molecule has 0 N–H and O–H groups in total. The minimum atomic E-state index is -4.46. The van der Waals surface area contributed by atoms with Gasteiger partial charge in [-0.2, -0.15) is 17.6 Å². The lowest BCUT2D eigenvalue weighted by Crippen LogP contribution is -2.40. The van der Waals surface area contributed by atoms with Gasteiger partial charge in [0.1, 0.15) is 0 Å². The van der Waals surface area contributed by atoms with E-state index in [1.54, 1.807) is 12.1 Å². The molecule has 0 aromatic heterocycles. The molecule has 0 saturated carbocycles. The van der Waals surface area contributed by atoms with Crippen LogP contribution in [0.1, 0.15) is 12.5 Å². The van der Waals surface area contributed by atoms with Crippen LogP contribution in [0.15, 0.2) is 28.7 Å². The Kier molecular flexibility index (Phi) is 3.96. The van der Waals surface area contributed by atoms with Gasteiger partial charge in [-0.3, -0.25) is 0 Å². The van der Waals surface area contributed by atoms with Crippen molar-refractivity contribution in [2.75, 3.05) is 0 Å². The van der Waals surface area contributed by atoms with Crippen LogP contribution >= 0.6 is 15.9 Å². The number of hydrogen-bond acceptors (Lipinski definition) is 1. The van der Waals surface area contributed by atoms with Crippen LogP contribution in [0.25, 0.3) is 0 Å². The molecule has 0 aliphatic heterocycles. The summed E-state index contributed by atoms with van der Waals surface area (Å²) in [6, 6.07) is 6.24. The van der Waals surface area contributed by atoms with E-state index in [1.165, 1.54) is 12.1 Å². The smallest absolute Gasteiger partial charge is 0.311 e. The Morgan fingerprint density at radius 3 is 2.06 bits per heavy atom. The van der Waals surface area contributed by atoms with Crippen molar-refractivity contribution in [1.82, 2.24) is 0 Å². The molecule has 0 fully saturated rings. The van der Waals surface area contributed by atoms with Crippen LogP contribution in [0.3, 0.4) is 0 Å². The van der Waals surface area contributed by atoms with E-state index in [1.807, 2.05) is 0 Å². The third kappa shape index (κ3) is 3.45. The Morgan fingerprint density at radius 2 is 1.62 bits per heavy atom. The van der Waals surface area contributed by atoms with Gasteiger partial charge in [0, 0.05) is 11.4 Å². The number of halogens is 5. The lowest BCUT2D eigenvalue weighted by atomic mass is 10.2. The van der Waals surface area contributed by atoms with Gasteiger partial charge < -0.3 is 4.74 Å². The van der Waals surface area contributed by atoms with Crippen molar-refractivity contribution >= 4 is 15.9 Å². The summed E-state index contributed by atoms with van der Waals surface area (Å²) >= 11 is 3.16. The van der Waals surface area contributed by atoms with Crippen LogP contribution in [0, 0.1) is 0 Å². The number of alkyl halides is 4. The minimum absolute atomic E-state index is 0.120. The van der Waals surface area contributed by atoms with E-state index >= 15 is 0 Å². The number of ether oxygens (including phenoxy) is 1. The van der Waals surface area contributed by atoms with E-state index in [0.29, 0.717) is 5.56 Å². The highest BCUT2D eigenvalue weighted by atomic mass is 79.9. The Hall–Kier alpha value is -0.620. The molecule has 0 amide bonds. The van der Waals surface area contributed by atoms with Crippen LogP contribution in [0.5, 0.6) is 0 Å². The van der Waals surface area contributed by atoms with Gasteiger partial charge in [-0.25, -0.2) is 0 Å². The minimum Gasteiger partial charge on any atom is -0.311 e. The summed E-state index contributed by atoms with van der Waals surface area (Å²) in [6.07, 6.45) is -4.46. The van der Waals surface area contributed by atoms with Gasteiger partial charge >= 0.3 is 12.0 Å². The van der Waals surface area contributed by atoms with Gasteiger partial charge in [0.25, 0.3) is 0 Å². The first kappa shape index (κ1) is 13.4. The molecule has 1 aromatic rings.